The van der Waals surface area contributed by atoms with Gasteiger partial charge in [-0.15, -0.1) is 11.3 Å². The topological polar surface area (TPSA) is 63.7 Å². The summed E-state index contributed by atoms with van der Waals surface area (Å²) in [6, 6.07) is 5.81. The number of para-hydroxylation sites is 1. The molecular formula is C17H19N3O3S. The number of hydrogen-bond donors (Lipinski definition) is 1. The summed E-state index contributed by atoms with van der Waals surface area (Å²) < 4.78 is 11.7. The summed E-state index contributed by atoms with van der Waals surface area (Å²) in [5, 5.41) is 5.06. The molecule has 2 aromatic rings. The van der Waals surface area contributed by atoms with Gasteiger partial charge in [0.15, 0.2) is 0 Å². The predicted octanol–water partition coefficient (Wildman–Crippen LogP) is 2.80. The van der Waals surface area contributed by atoms with E-state index in [1.807, 2.05) is 30.5 Å². The van der Waals surface area contributed by atoms with E-state index in [2.05, 4.69) is 10.3 Å². The Morgan fingerprint density at radius 3 is 3.17 bits per heavy atom. The van der Waals surface area contributed by atoms with Crippen LogP contribution >= 0.6 is 11.3 Å². The summed E-state index contributed by atoms with van der Waals surface area (Å²) in [4.78, 5) is 18.9. The van der Waals surface area contributed by atoms with Gasteiger partial charge >= 0.3 is 6.03 Å². The van der Waals surface area contributed by atoms with E-state index >= 15 is 0 Å². The van der Waals surface area contributed by atoms with Gasteiger partial charge in [0.05, 0.1) is 18.2 Å². The van der Waals surface area contributed by atoms with Crippen LogP contribution in [0.4, 0.5) is 4.79 Å². The highest BCUT2D eigenvalue weighted by molar-refractivity contribution is 7.07. The van der Waals surface area contributed by atoms with Crippen molar-refractivity contribution in [2.75, 3.05) is 20.3 Å². The Labute approximate surface area is 144 Å². The molecule has 126 valence electrons. The summed E-state index contributed by atoms with van der Waals surface area (Å²) in [7, 11) is 1.63. The van der Waals surface area contributed by atoms with E-state index in [1.54, 1.807) is 17.5 Å². The second kappa shape index (κ2) is 5.75. The zero-order chi connectivity index (χ0) is 16.7. The van der Waals surface area contributed by atoms with Gasteiger partial charge in [-0.25, -0.2) is 9.78 Å². The van der Waals surface area contributed by atoms with Crippen molar-refractivity contribution >= 4 is 17.4 Å². The molecule has 0 radical (unpaired) electrons. The first-order chi connectivity index (χ1) is 11.7. The number of nitrogens with one attached hydrogen (secondary N) is 1. The molecular weight excluding hydrogens is 326 g/mol. The molecule has 24 heavy (non-hydrogen) atoms. The molecule has 2 aliphatic heterocycles. The quantitative estimate of drug-likeness (QED) is 0.925. The van der Waals surface area contributed by atoms with Crippen molar-refractivity contribution in [1.82, 2.24) is 15.2 Å². The number of thiazole rings is 1. The largest absolute Gasteiger partial charge is 0.461 e. The number of urea groups is 1. The highest BCUT2D eigenvalue weighted by Gasteiger charge is 2.54. The monoisotopic (exact) mass is 345 g/mol. The van der Waals surface area contributed by atoms with Crippen LogP contribution in [0, 0.1) is 6.92 Å². The minimum Gasteiger partial charge on any atom is -0.461 e. The van der Waals surface area contributed by atoms with E-state index in [-0.39, 0.29) is 12.1 Å². The van der Waals surface area contributed by atoms with E-state index in [0.717, 1.165) is 22.6 Å². The molecule has 7 heteroatoms. The van der Waals surface area contributed by atoms with Crippen molar-refractivity contribution in [2.24, 2.45) is 0 Å². The number of nitrogens with zero attached hydrogens (tertiary/aromatic N) is 2. The zero-order valence-corrected chi connectivity index (χ0v) is 14.4. The third-order valence-electron chi connectivity index (χ3n) is 4.70. The Kier molecular flexibility index (Phi) is 3.69. The molecule has 0 saturated carbocycles. The molecule has 0 aliphatic carbocycles. The van der Waals surface area contributed by atoms with Gasteiger partial charge in [0, 0.05) is 31.0 Å². The Morgan fingerprint density at radius 2 is 2.42 bits per heavy atom. The summed E-state index contributed by atoms with van der Waals surface area (Å²) >= 11 is 1.50. The average molecular weight is 345 g/mol. The molecule has 0 spiro atoms. The smallest absolute Gasteiger partial charge is 0.321 e. The van der Waals surface area contributed by atoms with Crippen molar-refractivity contribution < 1.29 is 14.3 Å². The molecule has 4 rings (SSSR count). The standard InChI is InChI=1S/C17H19N3O3S/c1-11-4-3-5-12-13-8-17(23-15(11)12,14-9-24-10-18-14)20(6-7-22-2)16(21)19-13/h3-5,9-10,13H,6-8H2,1-2H3,(H,19,21). The van der Waals surface area contributed by atoms with Crippen molar-refractivity contribution in [2.45, 2.75) is 25.1 Å². The SMILES string of the molecule is COCCN1C(=O)NC2CC1(c1cscn1)Oc1c(C)cccc12. The summed E-state index contributed by atoms with van der Waals surface area (Å²) in [6.07, 6.45) is 0.628. The third kappa shape index (κ3) is 2.19. The lowest BCUT2D eigenvalue weighted by Crippen LogP contribution is -2.64. The molecule has 2 atom stereocenters. The number of aromatic nitrogens is 1. The van der Waals surface area contributed by atoms with Crippen LogP contribution in [0.15, 0.2) is 29.1 Å². The van der Waals surface area contributed by atoms with Crippen LogP contribution in [0.25, 0.3) is 0 Å². The van der Waals surface area contributed by atoms with Crippen molar-refractivity contribution in [3.63, 3.8) is 0 Å². The number of carbonyl (C=O) groups excluding carboxylic acids is 1. The number of hydrogen-bond acceptors (Lipinski definition) is 5. The normalized spacial score (nSPS) is 25.0. The summed E-state index contributed by atoms with van der Waals surface area (Å²) in [5.74, 6) is 0.837. The average Bonchev–Trinajstić information content (AvgIpc) is 3.11. The Bertz CT molecular complexity index is 764. The minimum absolute atomic E-state index is 0.0818. The van der Waals surface area contributed by atoms with E-state index in [9.17, 15) is 4.79 Å². The van der Waals surface area contributed by atoms with Gasteiger partial charge in [-0.3, -0.25) is 4.90 Å². The van der Waals surface area contributed by atoms with Crippen LogP contribution < -0.4 is 10.1 Å². The van der Waals surface area contributed by atoms with Crippen molar-refractivity contribution in [1.29, 1.82) is 0 Å². The fraction of sp³-hybridized carbons (Fsp3) is 0.412. The Hall–Kier alpha value is -2.12. The Balaban J connectivity index is 1.86. The van der Waals surface area contributed by atoms with E-state index in [1.165, 1.54) is 11.3 Å². The second-order valence-electron chi connectivity index (χ2n) is 6.10. The van der Waals surface area contributed by atoms with Gasteiger partial charge in [-0.05, 0) is 12.5 Å². The molecule has 1 aromatic heterocycles. The van der Waals surface area contributed by atoms with Crippen molar-refractivity contribution in [3.05, 3.63) is 45.9 Å². The summed E-state index contributed by atoms with van der Waals surface area (Å²) in [5.41, 5.74) is 3.75. The van der Waals surface area contributed by atoms with Crippen LogP contribution in [0.3, 0.4) is 0 Å². The molecule has 2 unspecified atom stereocenters. The number of rotatable bonds is 4. The molecule has 2 amide bonds. The third-order valence-corrected chi connectivity index (χ3v) is 5.29. The van der Waals surface area contributed by atoms with Gasteiger partial charge in [-0.1, -0.05) is 18.2 Å². The second-order valence-corrected chi connectivity index (χ2v) is 6.82. The van der Waals surface area contributed by atoms with Gasteiger partial charge in [0.2, 0.25) is 5.72 Å². The zero-order valence-electron chi connectivity index (χ0n) is 13.6. The molecule has 1 N–H and O–H groups in total. The first-order valence-corrected chi connectivity index (χ1v) is 8.84. The number of carbonyl (C=O) groups is 1. The van der Waals surface area contributed by atoms with Crippen molar-refractivity contribution in [3.8, 4) is 5.75 Å². The molecule has 2 bridgehead atoms. The molecule has 1 saturated heterocycles. The van der Waals surface area contributed by atoms with Crippen LogP contribution in [0.5, 0.6) is 5.75 Å². The fourth-order valence-electron chi connectivity index (χ4n) is 3.54. The number of aryl methyl sites for hydroxylation is 1. The van der Waals surface area contributed by atoms with Gasteiger partial charge in [0.1, 0.15) is 11.4 Å². The van der Waals surface area contributed by atoms with E-state index in [0.29, 0.717) is 19.6 Å². The van der Waals surface area contributed by atoms with Crippen LogP contribution in [0.1, 0.15) is 29.3 Å². The summed E-state index contributed by atoms with van der Waals surface area (Å²) in [6.45, 7) is 2.90. The van der Waals surface area contributed by atoms with E-state index < -0.39 is 5.72 Å². The first kappa shape index (κ1) is 15.4. The van der Waals surface area contributed by atoms with Gasteiger partial charge in [0.25, 0.3) is 0 Å². The minimum atomic E-state index is -0.884. The van der Waals surface area contributed by atoms with Crippen LogP contribution in [-0.2, 0) is 10.5 Å². The molecule has 3 heterocycles. The number of amides is 2. The molecule has 2 aliphatic rings. The molecule has 1 fully saturated rings. The predicted molar refractivity (Wildman–Crippen MR) is 90.1 cm³/mol. The highest BCUT2D eigenvalue weighted by Crippen LogP contribution is 2.49. The van der Waals surface area contributed by atoms with Gasteiger partial charge in [-0.2, -0.15) is 0 Å². The number of benzene rings is 1. The number of methoxy groups -OCH3 is 1. The van der Waals surface area contributed by atoms with Crippen LogP contribution in [0.2, 0.25) is 0 Å². The lowest BCUT2D eigenvalue weighted by Gasteiger charge is -2.51. The number of fused-ring (bicyclic) bond motifs is 4. The fourth-order valence-corrected chi connectivity index (χ4v) is 4.15. The maximum Gasteiger partial charge on any atom is 0.321 e. The lowest BCUT2D eigenvalue weighted by atomic mass is 9.87. The molecule has 6 nitrogen and oxygen atoms in total. The maximum absolute atomic E-state index is 12.8. The van der Waals surface area contributed by atoms with E-state index in [4.69, 9.17) is 9.47 Å². The molecule has 1 aromatic carbocycles. The van der Waals surface area contributed by atoms with Crippen LogP contribution in [-0.4, -0.2) is 36.2 Å². The maximum atomic E-state index is 12.8. The highest BCUT2D eigenvalue weighted by atomic mass is 32.1. The number of ether oxygens (including phenoxy) is 2. The van der Waals surface area contributed by atoms with Gasteiger partial charge < -0.3 is 14.8 Å². The lowest BCUT2D eigenvalue weighted by molar-refractivity contribution is -0.113. The first-order valence-electron chi connectivity index (χ1n) is 7.90. The Morgan fingerprint density at radius 1 is 1.54 bits per heavy atom.